The predicted octanol–water partition coefficient (Wildman–Crippen LogP) is 8.11. The van der Waals surface area contributed by atoms with Crippen molar-refractivity contribution in [1.29, 1.82) is 0 Å². The molecule has 0 saturated carbocycles. The summed E-state index contributed by atoms with van der Waals surface area (Å²) in [5, 5.41) is 11.4. The maximum Gasteiger partial charge on any atom is 0.221 e. The van der Waals surface area contributed by atoms with Crippen LogP contribution in [0.1, 0.15) is 19.4 Å². The first kappa shape index (κ1) is 23.8. The van der Waals surface area contributed by atoms with E-state index in [2.05, 4.69) is 83.4 Å². The van der Waals surface area contributed by atoms with Gasteiger partial charge < -0.3 is 15.4 Å². The molecule has 0 fully saturated rings. The summed E-state index contributed by atoms with van der Waals surface area (Å²) in [6, 6.07) is 33.4. The molecule has 0 aliphatic carbocycles. The summed E-state index contributed by atoms with van der Waals surface area (Å²) in [4.78, 5) is 13.7. The van der Waals surface area contributed by atoms with E-state index in [4.69, 9.17) is 4.74 Å². The number of fused-ring (bicyclic) bond motifs is 2. The molecule has 5 aromatic rings. The van der Waals surface area contributed by atoms with Gasteiger partial charge in [-0.15, -0.1) is 0 Å². The molecule has 5 aromatic carbocycles. The van der Waals surface area contributed by atoms with Crippen LogP contribution in [0.15, 0.2) is 107 Å². The predicted molar refractivity (Wildman–Crippen MR) is 151 cm³/mol. The Labute approximate surface area is 215 Å². The van der Waals surface area contributed by atoms with E-state index in [0.717, 1.165) is 22.0 Å². The zero-order valence-corrected chi connectivity index (χ0v) is 21.2. The fourth-order valence-corrected chi connectivity index (χ4v) is 5.52. The Kier molecular flexibility index (Phi) is 7.10. The van der Waals surface area contributed by atoms with Crippen LogP contribution < -0.4 is 15.4 Å². The van der Waals surface area contributed by atoms with Crippen molar-refractivity contribution in [3.05, 3.63) is 103 Å². The van der Waals surface area contributed by atoms with E-state index >= 15 is 0 Å². The third kappa shape index (κ3) is 5.16. The topological polar surface area (TPSA) is 50.4 Å². The van der Waals surface area contributed by atoms with Crippen LogP contribution in [0.25, 0.3) is 21.5 Å². The van der Waals surface area contributed by atoms with Crippen LogP contribution in [-0.2, 0) is 11.3 Å². The number of nitrogens with one attached hydrogen (secondary N) is 2. The van der Waals surface area contributed by atoms with Crippen molar-refractivity contribution in [3.63, 3.8) is 0 Å². The molecule has 0 unspecified atom stereocenters. The Bertz CT molecular complexity index is 1460. The van der Waals surface area contributed by atoms with Gasteiger partial charge in [0.25, 0.3) is 0 Å². The van der Waals surface area contributed by atoms with Crippen LogP contribution in [-0.4, -0.2) is 12.5 Å². The van der Waals surface area contributed by atoms with Crippen LogP contribution >= 0.6 is 11.8 Å². The van der Waals surface area contributed by atoms with Crippen molar-refractivity contribution in [2.24, 2.45) is 0 Å². The Balaban J connectivity index is 1.52. The van der Waals surface area contributed by atoms with Crippen LogP contribution in [0.4, 0.5) is 11.4 Å². The van der Waals surface area contributed by atoms with Gasteiger partial charge in [-0.05, 0) is 82.6 Å². The van der Waals surface area contributed by atoms with Crippen molar-refractivity contribution in [1.82, 2.24) is 0 Å². The third-order valence-corrected chi connectivity index (χ3v) is 7.17. The van der Waals surface area contributed by atoms with Gasteiger partial charge in [0, 0.05) is 34.6 Å². The van der Waals surface area contributed by atoms with E-state index in [-0.39, 0.29) is 5.91 Å². The number of ether oxygens (including phenoxy) is 1. The van der Waals surface area contributed by atoms with Gasteiger partial charge in [-0.2, -0.15) is 0 Å². The minimum atomic E-state index is -0.0678. The molecule has 1 amide bonds. The summed E-state index contributed by atoms with van der Waals surface area (Å²) in [7, 11) is 0. The molecule has 5 heteroatoms. The molecule has 5 rings (SSSR count). The molecule has 4 nitrogen and oxygen atoms in total. The molecular weight excluding hydrogens is 464 g/mol. The summed E-state index contributed by atoms with van der Waals surface area (Å²) in [6.07, 6.45) is 0. The molecule has 0 radical (unpaired) electrons. The number of anilines is 2. The summed E-state index contributed by atoms with van der Waals surface area (Å²) in [5.74, 6) is 0.812. The quantitative estimate of drug-likeness (QED) is 0.215. The Morgan fingerprint density at radius 1 is 0.750 bits per heavy atom. The highest BCUT2D eigenvalue weighted by Crippen LogP contribution is 2.42. The molecule has 0 atom stereocenters. The van der Waals surface area contributed by atoms with Gasteiger partial charge in [-0.25, -0.2) is 0 Å². The Morgan fingerprint density at radius 2 is 1.31 bits per heavy atom. The summed E-state index contributed by atoms with van der Waals surface area (Å²) >= 11 is 1.76. The van der Waals surface area contributed by atoms with Gasteiger partial charge in [-0.1, -0.05) is 60.3 Å². The van der Waals surface area contributed by atoms with Crippen molar-refractivity contribution in [2.45, 2.75) is 30.2 Å². The lowest BCUT2D eigenvalue weighted by atomic mass is 9.96. The third-order valence-electron chi connectivity index (χ3n) is 6.02. The average molecular weight is 493 g/mol. The number of hydrogen-bond acceptors (Lipinski definition) is 4. The summed E-state index contributed by atoms with van der Waals surface area (Å²) in [6.45, 7) is 4.89. The van der Waals surface area contributed by atoms with E-state index in [0.29, 0.717) is 13.2 Å². The van der Waals surface area contributed by atoms with Crippen molar-refractivity contribution in [2.75, 3.05) is 17.2 Å². The lowest BCUT2D eigenvalue weighted by Crippen LogP contribution is -2.05. The minimum Gasteiger partial charge on any atom is -0.494 e. The first-order chi connectivity index (χ1) is 17.6. The first-order valence-electron chi connectivity index (χ1n) is 12.1. The van der Waals surface area contributed by atoms with Gasteiger partial charge in [0.15, 0.2) is 0 Å². The molecule has 0 aliphatic rings. The molecule has 2 N–H and O–H groups in total. The zero-order chi connectivity index (χ0) is 24.9. The highest BCUT2D eigenvalue weighted by molar-refractivity contribution is 7.99. The van der Waals surface area contributed by atoms with E-state index in [1.807, 2.05) is 31.2 Å². The number of hydrogen-bond donors (Lipinski definition) is 2. The number of rotatable bonds is 8. The molecule has 0 saturated heterocycles. The van der Waals surface area contributed by atoms with Gasteiger partial charge >= 0.3 is 0 Å². The SMILES string of the molecule is CCOc1ccc(NCc2c3ccccc3c(Sc3ccc(NC(C)=O)cc3)c3ccccc23)cc1. The lowest BCUT2D eigenvalue weighted by Gasteiger charge is -2.18. The van der Waals surface area contributed by atoms with Crippen molar-refractivity contribution < 1.29 is 9.53 Å². The maximum absolute atomic E-state index is 11.4. The highest BCUT2D eigenvalue weighted by Gasteiger charge is 2.15. The normalized spacial score (nSPS) is 10.9. The van der Waals surface area contributed by atoms with Crippen LogP contribution in [0.5, 0.6) is 5.75 Å². The van der Waals surface area contributed by atoms with E-state index in [1.165, 1.54) is 38.9 Å². The monoisotopic (exact) mass is 492 g/mol. The van der Waals surface area contributed by atoms with Gasteiger partial charge in [0.2, 0.25) is 5.91 Å². The first-order valence-corrected chi connectivity index (χ1v) is 12.9. The molecule has 0 heterocycles. The maximum atomic E-state index is 11.4. The lowest BCUT2D eigenvalue weighted by molar-refractivity contribution is -0.114. The molecule has 0 aromatic heterocycles. The van der Waals surface area contributed by atoms with E-state index < -0.39 is 0 Å². The molecule has 180 valence electrons. The van der Waals surface area contributed by atoms with Gasteiger partial charge in [0.05, 0.1) is 6.61 Å². The standard InChI is InChI=1S/C31H28N2O2S/c1-3-35-24-16-12-22(13-17-24)32-20-30-26-8-4-6-10-28(26)31(29-11-7-5-9-27(29)30)36-25-18-14-23(15-19-25)33-21(2)34/h4-19,32H,3,20H2,1-2H3,(H,33,34). The van der Waals surface area contributed by atoms with Gasteiger partial charge in [-0.3, -0.25) is 4.79 Å². The summed E-state index contributed by atoms with van der Waals surface area (Å²) < 4.78 is 5.58. The number of amides is 1. The van der Waals surface area contributed by atoms with Crippen LogP contribution in [0, 0.1) is 0 Å². The molecule has 0 spiro atoms. The fraction of sp³-hybridized carbons (Fsp3) is 0.129. The largest absolute Gasteiger partial charge is 0.494 e. The minimum absolute atomic E-state index is 0.0678. The van der Waals surface area contributed by atoms with Crippen molar-refractivity contribution >= 4 is 50.6 Å². The van der Waals surface area contributed by atoms with Crippen molar-refractivity contribution in [3.8, 4) is 5.75 Å². The summed E-state index contributed by atoms with van der Waals surface area (Å²) in [5.41, 5.74) is 3.14. The second-order valence-corrected chi connectivity index (χ2v) is 9.60. The van der Waals surface area contributed by atoms with Crippen LogP contribution in [0.2, 0.25) is 0 Å². The van der Waals surface area contributed by atoms with Crippen LogP contribution in [0.3, 0.4) is 0 Å². The Hall–Kier alpha value is -3.96. The van der Waals surface area contributed by atoms with E-state index in [1.54, 1.807) is 11.8 Å². The Morgan fingerprint density at radius 3 is 1.86 bits per heavy atom. The highest BCUT2D eigenvalue weighted by atomic mass is 32.2. The zero-order valence-electron chi connectivity index (χ0n) is 20.4. The molecular formula is C31H28N2O2S. The number of carbonyl (C=O) groups excluding carboxylic acids is 1. The van der Waals surface area contributed by atoms with E-state index in [9.17, 15) is 4.79 Å². The molecule has 0 aliphatic heterocycles. The number of benzene rings is 5. The molecule has 36 heavy (non-hydrogen) atoms. The number of carbonyl (C=O) groups is 1. The second-order valence-electron chi connectivity index (χ2n) is 8.52. The average Bonchev–Trinajstić information content (AvgIpc) is 2.90. The smallest absolute Gasteiger partial charge is 0.221 e. The van der Waals surface area contributed by atoms with Gasteiger partial charge in [0.1, 0.15) is 5.75 Å². The fourth-order valence-electron chi connectivity index (χ4n) is 4.43. The molecule has 0 bridgehead atoms. The second kappa shape index (κ2) is 10.8.